The largest absolute Gasteiger partial charge is 0.464 e. The highest BCUT2D eigenvalue weighted by molar-refractivity contribution is 6.53. The third-order valence-corrected chi connectivity index (χ3v) is 2.64. The van der Waals surface area contributed by atoms with Crippen molar-refractivity contribution in [1.82, 2.24) is 4.90 Å². The molecule has 6 heteroatoms. The van der Waals surface area contributed by atoms with Crippen molar-refractivity contribution in [3.05, 3.63) is 42.1 Å². The Bertz CT molecular complexity index is 591. The quantitative estimate of drug-likeness (QED) is 0.609. The molecule has 1 aliphatic heterocycles. The van der Waals surface area contributed by atoms with Gasteiger partial charge >= 0.3 is 5.97 Å². The van der Waals surface area contributed by atoms with Gasteiger partial charge in [-0.05, 0) is 12.1 Å². The molecule has 0 bridgehead atoms. The summed E-state index contributed by atoms with van der Waals surface area (Å²) < 4.78 is 4.67. The van der Waals surface area contributed by atoms with Gasteiger partial charge in [0.05, 0.1) is 18.4 Å². The lowest BCUT2D eigenvalue weighted by molar-refractivity contribution is -0.132. The van der Waals surface area contributed by atoms with Gasteiger partial charge in [-0.2, -0.15) is 10.1 Å². The number of nitrogens with zero attached hydrogens (tertiary/aromatic N) is 3. The fourth-order valence-corrected chi connectivity index (χ4v) is 1.78. The molecule has 0 spiro atoms. The minimum Gasteiger partial charge on any atom is -0.464 e. The summed E-state index contributed by atoms with van der Waals surface area (Å²) in [5, 5.41) is 5.27. The third-order valence-electron chi connectivity index (χ3n) is 2.64. The van der Waals surface area contributed by atoms with Gasteiger partial charge < -0.3 is 9.64 Å². The normalized spacial score (nSPS) is 16.4. The maximum absolute atomic E-state index is 12.4. The number of benzene rings is 1. The van der Waals surface area contributed by atoms with Crippen LogP contribution >= 0.6 is 0 Å². The van der Waals surface area contributed by atoms with E-state index in [1.165, 1.54) is 12.1 Å². The highest BCUT2D eigenvalue weighted by Gasteiger charge is 2.35. The number of methoxy groups -OCH3 is 1. The number of hydrogen-bond acceptors (Lipinski definition) is 5. The van der Waals surface area contributed by atoms with Crippen molar-refractivity contribution in [1.29, 1.82) is 0 Å². The van der Waals surface area contributed by atoms with Crippen molar-refractivity contribution in [2.75, 3.05) is 26.2 Å². The minimum atomic E-state index is -0.634. The Morgan fingerprint density at radius 2 is 1.95 bits per heavy atom. The summed E-state index contributed by atoms with van der Waals surface area (Å²) in [4.78, 5) is 25.8. The van der Waals surface area contributed by atoms with Crippen LogP contribution < -0.4 is 5.01 Å². The van der Waals surface area contributed by atoms with Gasteiger partial charge in [-0.15, -0.1) is 0 Å². The summed E-state index contributed by atoms with van der Waals surface area (Å²) in [5.74, 6) is -0.991. The molecule has 2 rings (SSSR count). The molecule has 0 aromatic heterocycles. The van der Waals surface area contributed by atoms with Crippen LogP contribution in [0.5, 0.6) is 0 Å². The number of rotatable bonds is 3. The SMILES string of the molecule is COC(=O)C1=NN(c2ccccc2)C(=O)/C1=C\N(C)C. The number of anilines is 1. The second-order valence-corrected chi connectivity index (χ2v) is 4.40. The number of hydrogen-bond donors (Lipinski definition) is 0. The van der Waals surface area contributed by atoms with Gasteiger partial charge in [-0.3, -0.25) is 4.79 Å². The first-order chi connectivity index (χ1) is 9.54. The Hall–Kier alpha value is -2.63. The van der Waals surface area contributed by atoms with Crippen molar-refractivity contribution < 1.29 is 14.3 Å². The van der Waals surface area contributed by atoms with Crippen LogP contribution in [0.25, 0.3) is 0 Å². The van der Waals surface area contributed by atoms with Crippen LogP contribution in [-0.2, 0) is 14.3 Å². The van der Waals surface area contributed by atoms with Gasteiger partial charge in [-0.25, -0.2) is 4.79 Å². The Morgan fingerprint density at radius 1 is 1.30 bits per heavy atom. The van der Waals surface area contributed by atoms with Gasteiger partial charge in [-0.1, -0.05) is 18.2 Å². The van der Waals surface area contributed by atoms with E-state index in [0.29, 0.717) is 5.69 Å². The smallest absolute Gasteiger partial charge is 0.359 e. The van der Waals surface area contributed by atoms with Crippen molar-refractivity contribution in [3.8, 4) is 0 Å². The molecule has 1 aromatic carbocycles. The molecule has 1 amide bonds. The maximum Gasteiger partial charge on any atom is 0.359 e. The molecule has 0 saturated carbocycles. The van der Waals surface area contributed by atoms with Crippen molar-refractivity contribution in [3.63, 3.8) is 0 Å². The average molecular weight is 273 g/mol. The minimum absolute atomic E-state index is 0.00931. The first-order valence-corrected chi connectivity index (χ1v) is 5.99. The first kappa shape index (κ1) is 13.8. The van der Waals surface area contributed by atoms with Crippen LogP contribution in [0.2, 0.25) is 0 Å². The molecule has 6 nitrogen and oxygen atoms in total. The van der Waals surface area contributed by atoms with Crippen LogP contribution in [-0.4, -0.2) is 43.7 Å². The Morgan fingerprint density at radius 3 is 2.50 bits per heavy atom. The van der Waals surface area contributed by atoms with Gasteiger partial charge in [0.15, 0.2) is 5.71 Å². The van der Waals surface area contributed by atoms with Crippen LogP contribution in [0.4, 0.5) is 5.69 Å². The zero-order chi connectivity index (χ0) is 14.7. The van der Waals surface area contributed by atoms with E-state index in [9.17, 15) is 9.59 Å². The predicted octanol–water partition coefficient (Wildman–Crippen LogP) is 1.01. The summed E-state index contributed by atoms with van der Waals surface area (Å²) >= 11 is 0. The van der Waals surface area contributed by atoms with Crippen LogP contribution in [0.3, 0.4) is 0 Å². The monoisotopic (exact) mass is 273 g/mol. The lowest BCUT2D eigenvalue weighted by Crippen LogP contribution is -2.24. The molecular formula is C14H15N3O3. The molecule has 0 radical (unpaired) electrons. The van der Waals surface area contributed by atoms with E-state index < -0.39 is 5.97 Å². The van der Waals surface area contributed by atoms with Crippen molar-refractivity contribution in [2.45, 2.75) is 0 Å². The van der Waals surface area contributed by atoms with Gasteiger partial charge in [0, 0.05) is 20.3 Å². The highest BCUT2D eigenvalue weighted by Crippen LogP contribution is 2.23. The summed E-state index contributed by atoms with van der Waals surface area (Å²) in [6, 6.07) is 8.92. The molecule has 0 unspecified atom stereocenters. The highest BCUT2D eigenvalue weighted by atomic mass is 16.5. The molecule has 1 heterocycles. The predicted molar refractivity (Wildman–Crippen MR) is 75.1 cm³/mol. The Kier molecular flexibility index (Phi) is 3.84. The fourth-order valence-electron chi connectivity index (χ4n) is 1.78. The number of hydrazone groups is 1. The lowest BCUT2D eigenvalue weighted by atomic mass is 10.1. The second kappa shape index (κ2) is 5.56. The van der Waals surface area contributed by atoms with E-state index in [1.54, 1.807) is 49.5 Å². The fraction of sp³-hybridized carbons (Fsp3) is 0.214. The number of esters is 1. The van der Waals surface area contributed by atoms with Gasteiger partial charge in [0.25, 0.3) is 5.91 Å². The lowest BCUT2D eigenvalue weighted by Gasteiger charge is -2.11. The van der Waals surface area contributed by atoms with Crippen LogP contribution in [0.15, 0.2) is 47.2 Å². The van der Waals surface area contributed by atoms with Crippen molar-refractivity contribution >= 4 is 23.3 Å². The molecule has 0 N–H and O–H groups in total. The van der Waals surface area contributed by atoms with E-state index in [1.807, 2.05) is 6.07 Å². The van der Waals surface area contributed by atoms with Gasteiger partial charge in [0.2, 0.25) is 0 Å². The Labute approximate surface area is 116 Å². The summed E-state index contributed by atoms with van der Waals surface area (Å²) in [5.41, 5.74) is 0.821. The molecule has 104 valence electrons. The molecular weight excluding hydrogens is 258 g/mol. The molecule has 0 fully saturated rings. The Balaban J connectivity index is 2.45. The number of para-hydroxylation sites is 1. The number of carbonyl (C=O) groups is 2. The molecule has 1 aliphatic rings. The number of amides is 1. The van der Waals surface area contributed by atoms with E-state index in [4.69, 9.17) is 0 Å². The zero-order valence-electron chi connectivity index (χ0n) is 11.5. The molecule has 0 atom stereocenters. The topological polar surface area (TPSA) is 62.2 Å². The van der Waals surface area contributed by atoms with E-state index in [-0.39, 0.29) is 17.2 Å². The molecule has 0 aliphatic carbocycles. The summed E-state index contributed by atoms with van der Waals surface area (Å²) in [6.07, 6.45) is 1.56. The third kappa shape index (κ3) is 2.54. The van der Waals surface area contributed by atoms with E-state index in [2.05, 4.69) is 9.84 Å². The van der Waals surface area contributed by atoms with Crippen LogP contribution in [0.1, 0.15) is 0 Å². The van der Waals surface area contributed by atoms with E-state index >= 15 is 0 Å². The van der Waals surface area contributed by atoms with E-state index in [0.717, 1.165) is 0 Å². The second-order valence-electron chi connectivity index (χ2n) is 4.40. The average Bonchev–Trinajstić information content (AvgIpc) is 2.76. The maximum atomic E-state index is 12.4. The standard InChI is InChI=1S/C14H15N3O3/c1-16(2)9-11-12(14(19)20-3)15-17(13(11)18)10-7-5-4-6-8-10/h4-9H,1-3H3/b11-9-. The zero-order valence-corrected chi connectivity index (χ0v) is 11.5. The summed E-state index contributed by atoms with van der Waals surface area (Å²) in [7, 11) is 4.79. The van der Waals surface area contributed by atoms with Crippen LogP contribution in [0, 0.1) is 0 Å². The molecule has 1 aromatic rings. The first-order valence-electron chi connectivity index (χ1n) is 5.99. The molecule has 20 heavy (non-hydrogen) atoms. The molecule has 0 saturated heterocycles. The number of carbonyl (C=O) groups excluding carboxylic acids is 2. The van der Waals surface area contributed by atoms with Crippen molar-refractivity contribution in [2.24, 2.45) is 5.10 Å². The summed E-state index contributed by atoms with van der Waals surface area (Å²) in [6.45, 7) is 0. The number of ether oxygens (including phenoxy) is 1. The van der Waals surface area contributed by atoms with Gasteiger partial charge in [0.1, 0.15) is 0 Å².